The number of esters is 1. The molecule has 0 bridgehead atoms. The smallest absolute Gasteiger partial charge is 0.334 e. The maximum Gasteiger partial charge on any atom is 0.334 e. The summed E-state index contributed by atoms with van der Waals surface area (Å²) in [5.41, 5.74) is 11.5. The molecule has 2 unspecified atom stereocenters. The standard InChI is InChI=1S/C10H19N2O3/c1-7(2)10(14)15-9(12)6-8(11)4-3-5-13/h8-9H,1,3-6,11-12H2,2H3. The van der Waals surface area contributed by atoms with Gasteiger partial charge in [-0.15, -0.1) is 0 Å². The summed E-state index contributed by atoms with van der Waals surface area (Å²) in [7, 11) is 0. The maximum absolute atomic E-state index is 11.1. The topological polar surface area (TPSA) is 98.2 Å². The van der Waals surface area contributed by atoms with Crippen molar-refractivity contribution in [2.45, 2.75) is 38.5 Å². The molecule has 0 aromatic carbocycles. The van der Waals surface area contributed by atoms with E-state index in [4.69, 9.17) is 16.2 Å². The molecule has 0 saturated carbocycles. The van der Waals surface area contributed by atoms with E-state index in [9.17, 15) is 9.90 Å². The van der Waals surface area contributed by atoms with Crippen LogP contribution in [0.15, 0.2) is 12.2 Å². The van der Waals surface area contributed by atoms with Crippen LogP contribution in [-0.4, -0.2) is 24.8 Å². The van der Waals surface area contributed by atoms with Crippen LogP contribution in [0.2, 0.25) is 0 Å². The fourth-order valence-corrected chi connectivity index (χ4v) is 1.05. The Morgan fingerprint density at radius 1 is 1.47 bits per heavy atom. The van der Waals surface area contributed by atoms with Crippen LogP contribution in [0, 0.1) is 0 Å². The zero-order valence-corrected chi connectivity index (χ0v) is 9.07. The molecule has 15 heavy (non-hydrogen) atoms. The third-order valence-electron chi connectivity index (χ3n) is 1.86. The molecule has 0 amide bonds. The second-order valence-electron chi connectivity index (χ2n) is 3.57. The predicted octanol–water partition coefficient (Wildman–Crippen LogP) is 0.319. The minimum atomic E-state index is -0.726. The summed E-state index contributed by atoms with van der Waals surface area (Å²) in [5.74, 6) is -0.515. The average molecular weight is 215 g/mol. The van der Waals surface area contributed by atoms with Crippen molar-refractivity contribution in [3.63, 3.8) is 0 Å². The van der Waals surface area contributed by atoms with Gasteiger partial charge in [0.05, 0.1) is 6.61 Å². The summed E-state index contributed by atoms with van der Waals surface area (Å²) < 4.78 is 4.84. The van der Waals surface area contributed by atoms with Gasteiger partial charge in [-0.3, -0.25) is 5.73 Å². The summed E-state index contributed by atoms with van der Waals surface area (Å²) >= 11 is 0. The molecule has 0 fully saturated rings. The Morgan fingerprint density at radius 3 is 2.53 bits per heavy atom. The summed E-state index contributed by atoms with van der Waals surface area (Å²) in [5, 5.41) is 10.2. The molecular formula is C10H19N2O3. The Hall–Kier alpha value is -0.910. The highest BCUT2D eigenvalue weighted by Crippen LogP contribution is 2.04. The molecule has 0 aromatic heterocycles. The van der Waals surface area contributed by atoms with Crippen molar-refractivity contribution in [1.82, 2.24) is 0 Å². The zero-order chi connectivity index (χ0) is 11.8. The normalized spacial score (nSPS) is 14.4. The molecule has 87 valence electrons. The molecule has 4 N–H and O–H groups in total. The van der Waals surface area contributed by atoms with Gasteiger partial charge in [0, 0.05) is 18.0 Å². The fourth-order valence-electron chi connectivity index (χ4n) is 1.05. The van der Waals surface area contributed by atoms with E-state index < -0.39 is 12.2 Å². The van der Waals surface area contributed by atoms with E-state index in [0.717, 1.165) is 0 Å². The van der Waals surface area contributed by atoms with Gasteiger partial charge in [0.15, 0.2) is 6.23 Å². The van der Waals surface area contributed by atoms with Crippen molar-refractivity contribution in [2.24, 2.45) is 11.5 Å². The first-order valence-electron chi connectivity index (χ1n) is 4.93. The van der Waals surface area contributed by atoms with E-state index in [2.05, 4.69) is 6.58 Å². The highest BCUT2D eigenvalue weighted by atomic mass is 16.6. The Bertz CT molecular complexity index is 219. The molecule has 2 atom stereocenters. The van der Waals surface area contributed by atoms with Crippen LogP contribution in [0.1, 0.15) is 26.2 Å². The molecule has 0 heterocycles. The lowest BCUT2D eigenvalue weighted by atomic mass is 10.1. The number of rotatable bonds is 7. The van der Waals surface area contributed by atoms with Crippen molar-refractivity contribution in [2.75, 3.05) is 6.61 Å². The van der Waals surface area contributed by atoms with E-state index in [0.29, 0.717) is 24.8 Å². The van der Waals surface area contributed by atoms with Crippen LogP contribution in [0.25, 0.3) is 0 Å². The number of hydrogen-bond donors (Lipinski definition) is 2. The maximum atomic E-state index is 11.1. The van der Waals surface area contributed by atoms with Gasteiger partial charge < -0.3 is 10.5 Å². The SMILES string of the molecule is C=C(C)C(=O)OC(N)CC(N)CCC[O]. The largest absolute Gasteiger partial charge is 0.443 e. The predicted molar refractivity (Wildman–Crippen MR) is 56.3 cm³/mol. The molecule has 0 aliphatic rings. The van der Waals surface area contributed by atoms with Gasteiger partial charge in [0.2, 0.25) is 0 Å². The molecule has 0 aliphatic heterocycles. The van der Waals surface area contributed by atoms with Crippen LogP contribution in [0.3, 0.4) is 0 Å². The lowest BCUT2D eigenvalue weighted by molar-refractivity contribution is -0.144. The third kappa shape index (κ3) is 7.07. The van der Waals surface area contributed by atoms with E-state index in [1.165, 1.54) is 0 Å². The second kappa shape index (κ2) is 7.39. The van der Waals surface area contributed by atoms with E-state index in [1.807, 2.05) is 0 Å². The lowest BCUT2D eigenvalue weighted by Gasteiger charge is -2.17. The molecule has 5 nitrogen and oxygen atoms in total. The Labute approximate surface area is 90.1 Å². The Kier molecular flexibility index (Phi) is 6.94. The van der Waals surface area contributed by atoms with Crippen molar-refractivity contribution < 1.29 is 14.6 Å². The quantitative estimate of drug-likeness (QED) is 0.363. The minimum Gasteiger partial charge on any atom is -0.443 e. The first kappa shape index (κ1) is 14.1. The van der Waals surface area contributed by atoms with Gasteiger partial charge in [-0.25, -0.2) is 9.90 Å². The van der Waals surface area contributed by atoms with Gasteiger partial charge in [0.1, 0.15) is 0 Å². The summed E-state index contributed by atoms with van der Waals surface area (Å²) in [6, 6.07) is -0.202. The number of hydrogen-bond acceptors (Lipinski definition) is 4. The molecule has 0 saturated heterocycles. The van der Waals surface area contributed by atoms with Crippen LogP contribution in [-0.2, 0) is 14.6 Å². The van der Waals surface area contributed by atoms with Crippen molar-refractivity contribution in [1.29, 1.82) is 0 Å². The van der Waals surface area contributed by atoms with Crippen molar-refractivity contribution >= 4 is 5.97 Å². The lowest BCUT2D eigenvalue weighted by Crippen LogP contribution is -2.35. The molecule has 0 spiro atoms. The summed E-state index contributed by atoms with van der Waals surface area (Å²) in [4.78, 5) is 11.1. The third-order valence-corrected chi connectivity index (χ3v) is 1.86. The molecule has 0 aliphatic carbocycles. The number of carbonyl (C=O) groups excluding carboxylic acids is 1. The Morgan fingerprint density at radius 2 is 2.07 bits per heavy atom. The van der Waals surface area contributed by atoms with E-state index in [1.54, 1.807) is 6.92 Å². The van der Waals surface area contributed by atoms with Crippen molar-refractivity contribution in [3.8, 4) is 0 Å². The van der Waals surface area contributed by atoms with Gasteiger partial charge in [0.25, 0.3) is 0 Å². The van der Waals surface area contributed by atoms with Gasteiger partial charge >= 0.3 is 5.97 Å². The van der Waals surface area contributed by atoms with Crippen LogP contribution in [0.4, 0.5) is 0 Å². The van der Waals surface area contributed by atoms with Gasteiger partial charge in [-0.05, 0) is 19.8 Å². The van der Waals surface area contributed by atoms with Crippen LogP contribution < -0.4 is 11.5 Å². The summed E-state index contributed by atoms with van der Waals surface area (Å²) in [6.07, 6.45) is 0.749. The zero-order valence-electron chi connectivity index (χ0n) is 9.07. The van der Waals surface area contributed by atoms with Gasteiger partial charge in [-0.1, -0.05) is 6.58 Å². The minimum absolute atomic E-state index is 0.144. The number of carbonyl (C=O) groups is 1. The highest BCUT2D eigenvalue weighted by molar-refractivity contribution is 5.87. The monoisotopic (exact) mass is 215 g/mol. The number of nitrogens with two attached hydrogens (primary N) is 2. The summed E-state index contributed by atoms with van der Waals surface area (Å²) in [6.45, 7) is 4.84. The molecule has 0 aromatic rings. The molecule has 5 heteroatoms. The average Bonchev–Trinajstić information content (AvgIpc) is 2.14. The molecule has 0 rings (SSSR count). The fraction of sp³-hybridized carbons (Fsp3) is 0.700. The number of ether oxygens (including phenoxy) is 1. The van der Waals surface area contributed by atoms with Gasteiger partial charge in [-0.2, -0.15) is 0 Å². The molecule has 1 radical (unpaired) electrons. The van der Waals surface area contributed by atoms with Crippen LogP contribution in [0.5, 0.6) is 0 Å². The highest BCUT2D eigenvalue weighted by Gasteiger charge is 2.14. The Balaban J connectivity index is 3.77. The molecular weight excluding hydrogens is 196 g/mol. The van der Waals surface area contributed by atoms with Crippen molar-refractivity contribution in [3.05, 3.63) is 12.2 Å². The van der Waals surface area contributed by atoms with E-state index in [-0.39, 0.29) is 12.6 Å². The second-order valence-corrected chi connectivity index (χ2v) is 3.57. The first-order chi connectivity index (χ1) is 6.97. The van der Waals surface area contributed by atoms with Crippen LogP contribution >= 0.6 is 0 Å². The van der Waals surface area contributed by atoms with E-state index >= 15 is 0 Å². The first-order valence-corrected chi connectivity index (χ1v) is 4.93.